The van der Waals surface area contributed by atoms with Gasteiger partial charge in [-0.15, -0.1) is 0 Å². The van der Waals surface area contributed by atoms with Gasteiger partial charge in [-0.2, -0.15) is 5.26 Å². The second kappa shape index (κ2) is 7.47. The highest BCUT2D eigenvalue weighted by Crippen LogP contribution is 2.17. The molecule has 0 saturated carbocycles. The molecule has 2 aliphatic rings. The first kappa shape index (κ1) is 15.8. The Morgan fingerprint density at radius 1 is 1.17 bits per heavy atom. The summed E-state index contributed by atoms with van der Waals surface area (Å²) in [7, 11) is 0. The Labute approximate surface area is 137 Å². The number of amides is 2. The van der Waals surface area contributed by atoms with Crippen molar-refractivity contribution in [3.05, 3.63) is 35.9 Å². The summed E-state index contributed by atoms with van der Waals surface area (Å²) in [6.07, 6.45) is 2.61. The van der Waals surface area contributed by atoms with Crippen LogP contribution in [0.5, 0.6) is 0 Å². The molecular weight excluding hydrogens is 288 g/mol. The van der Waals surface area contributed by atoms with Gasteiger partial charge in [-0.05, 0) is 24.8 Å². The monoisotopic (exact) mass is 312 g/mol. The normalized spacial score (nSPS) is 22.7. The Bertz CT molecular complexity index is 560. The van der Waals surface area contributed by atoms with Crippen LogP contribution in [-0.2, 0) is 6.54 Å². The maximum Gasteiger partial charge on any atom is 0.317 e. The van der Waals surface area contributed by atoms with E-state index in [1.165, 1.54) is 5.56 Å². The predicted molar refractivity (Wildman–Crippen MR) is 88.6 cm³/mol. The zero-order valence-electron chi connectivity index (χ0n) is 13.4. The van der Waals surface area contributed by atoms with Crippen molar-refractivity contribution < 1.29 is 4.79 Å². The molecule has 0 radical (unpaired) electrons. The molecule has 3 rings (SSSR count). The number of nitrogens with zero attached hydrogens (tertiary/aromatic N) is 3. The molecule has 2 heterocycles. The summed E-state index contributed by atoms with van der Waals surface area (Å²) in [4.78, 5) is 16.6. The third-order valence-corrected chi connectivity index (χ3v) is 4.81. The third kappa shape index (κ3) is 4.23. The topological polar surface area (TPSA) is 59.4 Å². The summed E-state index contributed by atoms with van der Waals surface area (Å²) in [5, 5.41) is 12.1. The van der Waals surface area contributed by atoms with Crippen LogP contribution in [0.1, 0.15) is 24.8 Å². The molecule has 1 unspecified atom stereocenters. The van der Waals surface area contributed by atoms with E-state index >= 15 is 0 Å². The van der Waals surface area contributed by atoms with Crippen molar-refractivity contribution in [3.63, 3.8) is 0 Å². The molecule has 1 N–H and O–H groups in total. The van der Waals surface area contributed by atoms with Crippen molar-refractivity contribution in [1.82, 2.24) is 15.1 Å². The number of rotatable bonds is 3. The van der Waals surface area contributed by atoms with Gasteiger partial charge in [0.25, 0.3) is 0 Å². The molecule has 23 heavy (non-hydrogen) atoms. The maximum absolute atomic E-state index is 12.3. The first-order valence-electron chi connectivity index (χ1n) is 8.46. The Morgan fingerprint density at radius 2 is 1.91 bits per heavy atom. The number of carbonyl (C=O) groups is 1. The Kier molecular flexibility index (Phi) is 5.14. The lowest BCUT2D eigenvalue weighted by Crippen LogP contribution is -2.48. The number of likely N-dealkylation sites (tertiary alicyclic amines) is 2. The highest BCUT2D eigenvalue weighted by Gasteiger charge is 2.27. The van der Waals surface area contributed by atoms with Crippen LogP contribution in [0.25, 0.3) is 0 Å². The fourth-order valence-corrected chi connectivity index (χ4v) is 3.41. The van der Waals surface area contributed by atoms with E-state index in [4.69, 9.17) is 5.26 Å². The lowest BCUT2D eigenvalue weighted by molar-refractivity contribution is 0.175. The Balaban J connectivity index is 1.43. The zero-order chi connectivity index (χ0) is 16.1. The minimum absolute atomic E-state index is 0.0351. The molecule has 5 heteroatoms. The molecule has 122 valence electrons. The van der Waals surface area contributed by atoms with Gasteiger partial charge in [0.1, 0.15) is 0 Å². The third-order valence-electron chi connectivity index (χ3n) is 4.81. The molecule has 0 aromatic heterocycles. The van der Waals surface area contributed by atoms with Gasteiger partial charge in [0, 0.05) is 44.7 Å². The molecular formula is C18H24N4O. The van der Waals surface area contributed by atoms with Crippen molar-refractivity contribution >= 4 is 6.03 Å². The number of hydrogen-bond donors (Lipinski definition) is 1. The van der Waals surface area contributed by atoms with Crippen LogP contribution < -0.4 is 5.32 Å². The number of carbonyl (C=O) groups excluding carboxylic acids is 1. The van der Waals surface area contributed by atoms with Gasteiger partial charge >= 0.3 is 6.03 Å². The molecule has 1 aromatic carbocycles. The molecule has 2 aliphatic heterocycles. The van der Waals surface area contributed by atoms with E-state index in [2.05, 4.69) is 40.6 Å². The second-order valence-electron chi connectivity index (χ2n) is 6.55. The number of urea groups is 1. The van der Waals surface area contributed by atoms with E-state index in [9.17, 15) is 4.79 Å². The van der Waals surface area contributed by atoms with Crippen LogP contribution in [0.15, 0.2) is 30.3 Å². The molecule has 0 bridgehead atoms. The number of piperidine rings is 1. The van der Waals surface area contributed by atoms with Crippen LogP contribution in [-0.4, -0.2) is 48.1 Å². The molecule has 5 nitrogen and oxygen atoms in total. The van der Waals surface area contributed by atoms with Gasteiger partial charge in [-0.3, -0.25) is 4.90 Å². The standard InChI is InChI=1S/C18H24N4O/c19-12-15-6-10-22(11-7-15)18(23)20-17-8-9-21(14-17)13-16-4-2-1-3-5-16/h1-5,15,17H,6-11,13-14H2,(H,20,23). The minimum atomic E-state index is 0.0351. The zero-order valence-corrected chi connectivity index (χ0v) is 13.4. The summed E-state index contributed by atoms with van der Waals surface area (Å²) in [5.74, 6) is 0.117. The number of nitriles is 1. The van der Waals surface area contributed by atoms with E-state index in [0.717, 1.165) is 38.9 Å². The van der Waals surface area contributed by atoms with Crippen LogP contribution in [0.3, 0.4) is 0 Å². The van der Waals surface area contributed by atoms with Gasteiger partial charge in [-0.25, -0.2) is 4.79 Å². The minimum Gasteiger partial charge on any atom is -0.334 e. The van der Waals surface area contributed by atoms with Crippen molar-refractivity contribution in [3.8, 4) is 6.07 Å². The lowest BCUT2D eigenvalue weighted by atomic mass is 9.99. The first-order valence-corrected chi connectivity index (χ1v) is 8.46. The largest absolute Gasteiger partial charge is 0.334 e. The maximum atomic E-state index is 12.3. The summed E-state index contributed by atoms with van der Waals surface area (Å²) < 4.78 is 0. The summed E-state index contributed by atoms with van der Waals surface area (Å²) in [5.41, 5.74) is 1.32. The number of hydrogen-bond acceptors (Lipinski definition) is 3. The highest BCUT2D eigenvalue weighted by molar-refractivity contribution is 5.74. The number of nitrogens with one attached hydrogen (secondary N) is 1. The van der Waals surface area contributed by atoms with Gasteiger partial charge in [-0.1, -0.05) is 30.3 Å². The summed E-state index contributed by atoms with van der Waals surface area (Å²) in [6, 6.07) is 13.0. The fraction of sp³-hybridized carbons (Fsp3) is 0.556. The Morgan fingerprint density at radius 3 is 2.61 bits per heavy atom. The fourth-order valence-electron chi connectivity index (χ4n) is 3.41. The smallest absolute Gasteiger partial charge is 0.317 e. The molecule has 1 atom stereocenters. The Hall–Kier alpha value is -2.06. The predicted octanol–water partition coefficient (Wildman–Crippen LogP) is 2.21. The van der Waals surface area contributed by atoms with Crippen LogP contribution in [0.2, 0.25) is 0 Å². The first-order chi connectivity index (χ1) is 11.2. The van der Waals surface area contributed by atoms with Crippen molar-refractivity contribution in [2.24, 2.45) is 5.92 Å². The average molecular weight is 312 g/mol. The second-order valence-corrected chi connectivity index (χ2v) is 6.55. The summed E-state index contributed by atoms with van der Waals surface area (Å²) >= 11 is 0. The van der Waals surface area contributed by atoms with E-state index in [-0.39, 0.29) is 18.0 Å². The van der Waals surface area contributed by atoms with Crippen LogP contribution >= 0.6 is 0 Å². The van der Waals surface area contributed by atoms with Gasteiger partial charge < -0.3 is 10.2 Å². The molecule has 1 aromatic rings. The van der Waals surface area contributed by atoms with Gasteiger partial charge in [0.05, 0.1) is 6.07 Å². The summed E-state index contributed by atoms with van der Waals surface area (Å²) in [6.45, 7) is 4.28. The van der Waals surface area contributed by atoms with Gasteiger partial charge in [0.15, 0.2) is 0 Å². The van der Waals surface area contributed by atoms with Crippen molar-refractivity contribution in [1.29, 1.82) is 5.26 Å². The van der Waals surface area contributed by atoms with Gasteiger partial charge in [0.2, 0.25) is 0 Å². The van der Waals surface area contributed by atoms with E-state index in [0.29, 0.717) is 13.1 Å². The molecule has 0 spiro atoms. The van der Waals surface area contributed by atoms with Crippen molar-refractivity contribution in [2.45, 2.75) is 31.8 Å². The molecule has 2 amide bonds. The quantitative estimate of drug-likeness (QED) is 0.931. The highest BCUT2D eigenvalue weighted by atomic mass is 16.2. The molecule has 0 aliphatic carbocycles. The van der Waals surface area contributed by atoms with Crippen molar-refractivity contribution in [2.75, 3.05) is 26.2 Å². The van der Waals surface area contributed by atoms with Crippen LogP contribution in [0, 0.1) is 17.2 Å². The van der Waals surface area contributed by atoms with E-state index in [1.807, 2.05) is 11.0 Å². The molecule has 2 saturated heterocycles. The van der Waals surface area contributed by atoms with Crippen LogP contribution in [0.4, 0.5) is 4.79 Å². The molecule has 2 fully saturated rings. The average Bonchev–Trinajstić information content (AvgIpc) is 3.02. The van der Waals surface area contributed by atoms with E-state index < -0.39 is 0 Å². The lowest BCUT2D eigenvalue weighted by Gasteiger charge is -2.30. The van der Waals surface area contributed by atoms with E-state index in [1.54, 1.807) is 0 Å². The SMILES string of the molecule is N#CC1CCN(C(=O)NC2CCN(Cc3ccccc3)C2)CC1. The number of benzene rings is 1.